The molecule has 1 saturated carbocycles. The van der Waals surface area contributed by atoms with Gasteiger partial charge < -0.3 is 10.2 Å². The molecule has 0 bridgehead atoms. The van der Waals surface area contributed by atoms with Gasteiger partial charge in [-0.15, -0.1) is 0 Å². The van der Waals surface area contributed by atoms with Crippen LogP contribution in [0.25, 0.3) is 0 Å². The Morgan fingerprint density at radius 2 is 1.95 bits per heavy atom. The molecule has 1 aliphatic carbocycles. The fourth-order valence-corrected chi connectivity index (χ4v) is 2.93. The third-order valence-electron chi connectivity index (χ3n) is 4.56. The van der Waals surface area contributed by atoms with Gasteiger partial charge in [0.2, 0.25) is 0 Å². The highest BCUT2D eigenvalue weighted by molar-refractivity contribution is 5.76. The van der Waals surface area contributed by atoms with Crippen molar-refractivity contribution in [2.75, 3.05) is 13.1 Å². The number of nitrogens with zero attached hydrogens (tertiary/aromatic N) is 1. The molecule has 0 atom stereocenters. The molecule has 1 aromatic carbocycles. The van der Waals surface area contributed by atoms with Crippen molar-refractivity contribution >= 4 is 6.03 Å². The third kappa shape index (κ3) is 2.51. The molecule has 3 nitrogen and oxygen atoms in total. The van der Waals surface area contributed by atoms with Crippen LogP contribution in [0.3, 0.4) is 0 Å². The predicted molar refractivity (Wildman–Crippen MR) is 75.8 cm³/mol. The zero-order valence-electron chi connectivity index (χ0n) is 11.9. The Hall–Kier alpha value is -1.58. The maximum atomic E-state index is 13.9. The average molecular weight is 276 g/mol. The van der Waals surface area contributed by atoms with Crippen molar-refractivity contribution in [3.63, 3.8) is 0 Å². The SMILES string of the molecule is CC1CCN(C(=O)NC2(c3ccccc3F)CC2)CC1. The number of piperidine rings is 1. The smallest absolute Gasteiger partial charge is 0.318 e. The van der Waals surface area contributed by atoms with Crippen LogP contribution in [-0.2, 0) is 5.54 Å². The van der Waals surface area contributed by atoms with E-state index in [-0.39, 0.29) is 11.8 Å². The summed E-state index contributed by atoms with van der Waals surface area (Å²) < 4.78 is 13.9. The van der Waals surface area contributed by atoms with Crippen LogP contribution >= 0.6 is 0 Å². The summed E-state index contributed by atoms with van der Waals surface area (Å²) in [5, 5.41) is 3.06. The van der Waals surface area contributed by atoms with Crippen LogP contribution in [0, 0.1) is 11.7 Å². The summed E-state index contributed by atoms with van der Waals surface area (Å²) in [4.78, 5) is 14.2. The Kier molecular flexibility index (Phi) is 3.40. The van der Waals surface area contributed by atoms with E-state index in [1.54, 1.807) is 12.1 Å². The van der Waals surface area contributed by atoms with Gasteiger partial charge in [-0.25, -0.2) is 9.18 Å². The maximum Gasteiger partial charge on any atom is 0.318 e. The molecule has 1 heterocycles. The van der Waals surface area contributed by atoms with Crippen LogP contribution in [0.4, 0.5) is 9.18 Å². The van der Waals surface area contributed by atoms with Crippen molar-refractivity contribution in [3.05, 3.63) is 35.6 Å². The number of rotatable bonds is 2. The van der Waals surface area contributed by atoms with Crippen LogP contribution in [0.1, 0.15) is 38.2 Å². The zero-order chi connectivity index (χ0) is 14.2. The number of hydrogen-bond acceptors (Lipinski definition) is 1. The lowest BCUT2D eigenvalue weighted by atomic mass is 9.99. The summed E-state index contributed by atoms with van der Waals surface area (Å²) in [6, 6.07) is 6.71. The first-order valence-corrected chi connectivity index (χ1v) is 7.43. The Bertz CT molecular complexity index is 505. The summed E-state index contributed by atoms with van der Waals surface area (Å²) in [5.74, 6) is 0.470. The molecule has 3 rings (SSSR count). The van der Waals surface area contributed by atoms with Crippen LogP contribution in [0.5, 0.6) is 0 Å². The number of benzene rings is 1. The summed E-state index contributed by atoms with van der Waals surface area (Å²) in [7, 11) is 0. The molecule has 0 radical (unpaired) electrons. The number of urea groups is 1. The van der Waals surface area contributed by atoms with E-state index in [0.717, 1.165) is 38.8 Å². The van der Waals surface area contributed by atoms with E-state index in [0.29, 0.717) is 11.5 Å². The van der Waals surface area contributed by atoms with Gasteiger partial charge in [-0.3, -0.25) is 0 Å². The van der Waals surface area contributed by atoms with Crippen LogP contribution < -0.4 is 5.32 Å². The lowest BCUT2D eigenvalue weighted by molar-refractivity contribution is 0.169. The van der Waals surface area contributed by atoms with Gasteiger partial charge in [-0.1, -0.05) is 25.1 Å². The summed E-state index contributed by atoms with van der Waals surface area (Å²) in [5.41, 5.74) is 0.157. The fraction of sp³-hybridized carbons (Fsp3) is 0.562. The molecule has 1 aromatic rings. The molecule has 2 amide bonds. The Morgan fingerprint density at radius 1 is 1.30 bits per heavy atom. The van der Waals surface area contributed by atoms with E-state index >= 15 is 0 Å². The number of carbonyl (C=O) groups excluding carboxylic acids is 1. The van der Waals surface area contributed by atoms with Gasteiger partial charge in [0.25, 0.3) is 0 Å². The first-order chi connectivity index (χ1) is 9.61. The number of amides is 2. The lowest BCUT2D eigenvalue weighted by Gasteiger charge is -2.32. The second-order valence-electron chi connectivity index (χ2n) is 6.16. The van der Waals surface area contributed by atoms with Gasteiger partial charge in [-0.05, 0) is 37.7 Å². The molecule has 108 valence electrons. The van der Waals surface area contributed by atoms with Crippen LogP contribution in [0.15, 0.2) is 24.3 Å². The highest BCUT2D eigenvalue weighted by Crippen LogP contribution is 2.46. The molecule has 2 fully saturated rings. The minimum absolute atomic E-state index is 0.0438. The lowest BCUT2D eigenvalue weighted by Crippen LogP contribution is -2.48. The van der Waals surface area contributed by atoms with Crippen molar-refractivity contribution in [1.29, 1.82) is 0 Å². The van der Waals surface area contributed by atoms with Gasteiger partial charge in [0.05, 0.1) is 5.54 Å². The van der Waals surface area contributed by atoms with E-state index in [2.05, 4.69) is 12.2 Å². The maximum absolute atomic E-state index is 13.9. The third-order valence-corrected chi connectivity index (χ3v) is 4.56. The number of carbonyl (C=O) groups is 1. The summed E-state index contributed by atoms with van der Waals surface area (Å²) in [6.45, 7) is 3.83. The van der Waals surface area contributed by atoms with Gasteiger partial charge in [0.1, 0.15) is 5.82 Å². The van der Waals surface area contributed by atoms with Gasteiger partial charge in [0, 0.05) is 18.7 Å². The molecule has 0 aromatic heterocycles. The molecule has 1 N–H and O–H groups in total. The Morgan fingerprint density at radius 3 is 2.55 bits per heavy atom. The molecule has 0 spiro atoms. The molecule has 4 heteroatoms. The van der Waals surface area contributed by atoms with Gasteiger partial charge in [-0.2, -0.15) is 0 Å². The second-order valence-corrected chi connectivity index (χ2v) is 6.16. The number of halogens is 1. The predicted octanol–water partition coefficient (Wildman–Crippen LogP) is 3.26. The second kappa shape index (κ2) is 5.08. The largest absolute Gasteiger partial charge is 0.328 e. The monoisotopic (exact) mass is 276 g/mol. The van der Waals surface area contributed by atoms with E-state index in [9.17, 15) is 9.18 Å². The number of hydrogen-bond donors (Lipinski definition) is 1. The zero-order valence-corrected chi connectivity index (χ0v) is 11.9. The number of nitrogens with one attached hydrogen (secondary N) is 1. The van der Waals surface area contributed by atoms with Crippen molar-refractivity contribution in [2.45, 2.75) is 38.1 Å². The van der Waals surface area contributed by atoms with Crippen molar-refractivity contribution < 1.29 is 9.18 Å². The van der Waals surface area contributed by atoms with Crippen LogP contribution in [0.2, 0.25) is 0 Å². The van der Waals surface area contributed by atoms with E-state index in [1.165, 1.54) is 6.07 Å². The fourth-order valence-electron chi connectivity index (χ4n) is 2.93. The molecular weight excluding hydrogens is 255 g/mol. The molecule has 0 unspecified atom stereocenters. The number of likely N-dealkylation sites (tertiary alicyclic amines) is 1. The Labute approximate surface area is 119 Å². The standard InChI is InChI=1S/C16H21FN2O/c1-12-6-10-19(11-7-12)15(20)18-16(8-9-16)13-4-2-3-5-14(13)17/h2-5,12H,6-11H2,1H3,(H,18,20). The van der Waals surface area contributed by atoms with E-state index < -0.39 is 5.54 Å². The van der Waals surface area contributed by atoms with Crippen molar-refractivity contribution in [2.24, 2.45) is 5.92 Å². The molecule has 20 heavy (non-hydrogen) atoms. The topological polar surface area (TPSA) is 32.3 Å². The summed E-state index contributed by atoms with van der Waals surface area (Å²) in [6.07, 6.45) is 3.76. The van der Waals surface area contributed by atoms with Crippen molar-refractivity contribution in [1.82, 2.24) is 10.2 Å². The molecule has 2 aliphatic rings. The Balaban J connectivity index is 1.68. The average Bonchev–Trinajstić information content (AvgIpc) is 3.20. The molecular formula is C16H21FN2O. The minimum atomic E-state index is -0.467. The molecule has 1 saturated heterocycles. The first kappa shape index (κ1) is 13.4. The minimum Gasteiger partial charge on any atom is -0.328 e. The highest BCUT2D eigenvalue weighted by Gasteiger charge is 2.48. The first-order valence-electron chi connectivity index (χ1n) is 7.43. The van der Waals surface area contributed by atoms with Crippen molar-refractivity contribution in [3.8, 4) is 0 Å². The normalized spacial score (nSPS) is 21.6. The van der Waals surface area contributed by atoms with Gasteiger partial charge >= 0.3 is 6.03 Å². The van der Waals surface area contributed by atoms with Crippen LogP contribution in [-0.4, -0.2) is 24.0 Å². The summed E-state index contributed by atoms with van der Waals surface area (Å²) >= 11 is 0. The highest BCUT2D eigenvalue weighted by atomic mass is 19.1. The van der Waals surface area contributed by atoms with E-state index in [4.69, 9.17) is 0 Å². The quantitative estimate of drug-likeness (QED) is 0.883. The molecule has 1 aliphatic heterocycles. The van der Waals surface area contributed by atoms with E-state index in [1.807, 2.05) is 11.0 Å². The van der Waals surface area contributed by atoms with Gasteiger partial charge in [0.15, 0.2) is 0 Å².